The van der Waals surface area contributed by atoms with Crippen LogP contribution in [0.2, 0.25) is 0 Å². The number of nitrogens with zero attached hydrogens (tertiary/aromatic N) is 13. The van der Waals surface area contributed by atoms with Crippen LogP contribution in [0.4, 0.5) is 52.1 Å². The summed E-state index contributed by atoms with van der Waals surface area (Å²) in [4.78, 5) is 71.3. The van der Waals surface area contributed by atoms with Gasteiger partial charge in [-0.05, 0) is 118 Å². The highest BCUT2D eigenvalue weighted by Gasteiger charge is 2.30. The topological polar surface area (TPSA) is 388 Å². The van der Waals surface area contributed by atoms with Crippen LogP contribution in [0.15, 0.2) is 91.4 Å². The Morgan fingerprint density at radius 1 is 0.535 bits per heavy atom. The molecule has 0 spiro atoms. The number of primary amides is 3. The van der Waals surface area contributed by atoms with Gasteiger partial charge in [0.05, 0.1) is 22.6 Å². The van der Waals surface area contributed by atoms with Crippen molar-refractivity contribution in [2.75, 3.05) is 100 Å². The third kappa shape index (κ3) is 15.9. The maximum absolute atomic E-state index is 12.0. The lowest BCUT2D eigenvalue weighted by Gasteiger charge is -2.35. The zero-order valence-corrected chi connectivity index (χ0v) is 49.7. The molecule has 6 heterocycles. The Morgan fingerprint density at radius 2 is 0.919 bits per heavy atom. The van der Waals surface area contributed by atoms with Crippen LogP contribution in [0.5, 0.6) is 6.01 Å². The number of anilines is 9. The zero-order valence-electron chi connectivity index (χ0n) is 47.2. The normalized spacial score (nSPS) is 16.3. The van der Waals surface area contributed by atoms with Gasteiger partial charge in [0, 0.05) is 112 Å². The first-order chi connectivity index (χ1) is 40.9. The average molecular weight is 1240 g/mol. The maximum Gasteiger partial charge on any atom is 0.347 e. The summed E-state index contributed by atoms with van der Waals surface area (Å²) >= 11 is 0. The molecule has 0 atom stereocenters. The van der Waals surface area contributed by atoms with Gasteiger partial charge >= 0.3 is 6.01 Å². The van der Waals surface area contributed by atoms with Crippen molar-refractivity contribution in [1.29, 1.82) is 0 Å². The highest BCUT2D eigenvalue weighted by Crippen LogP contribution is 2.30. The molecule has 5 fully saturated rings. The molecule has 3 amide bonds. The number of nitrogens with one attached hydrogen (secondary N) is 5. The number of hydrogen-bond donors (Lipinski definition) is 8. The Morgan fingerprint density at radius 3 is 1.30 bits per heavy atom. The molecule has 29 nitrogen and oxygen atoms in total. The van der Waals surface area contributed by atoms with Crippen LogP contribution in [-0.4, -0.2) is 170 Å². The number of sulfonamides is 2. The molecule has 5 aliphatic rings. The first kappa shape index (κ1) is 61.8. The van der Waals surface area contributed by atoms with E-state index in [1.807, 2.05) is 72.8 Å². The van der Waals surface area contributed by atoms with E-state index in [0.29, 0.717) is 111 Å². The Balaban J connectivity index is 0.000000155. The van der Waals surface area contributed by atoms with E-state index in [9.17, 15) is 31.2 Å². The lowest BCUT2D eigenvalue weighted by atomic mass is 10.2. The van der Waals surface area contributed by atoms with E-state index in [0.717, 1.165) is 61.3 Å². The predicted molar refractivity (Wildman–Crippen MR) is 328 cm³/mol. The number of amides is 3. The van der Waals surface area contributed by atoms with Gasteiger partial charge in [0.15, 0.2) is 0 Å². The molecular weight excluding hydrogens is 1170 g/mol. The first-order valence-corrected chi connectivity index (χ1v) is 31.1. The predicted octanol–water partition coefficient (Wildman–Crippen LogP) is 3.89. The molecule has 3 aromatic carbocycles. The van der Waals surface area contributed by atoms with Crippen molar-refractivity contribution < 1.29 is 36.1 Å². The van der Waals surface area contributed by atoms with Gasteiger partial charge in [0.2, 0.25) is 31.9 Å². The summed E-state index contributed by atoms with van der Waals surface area (Å²) in [7, 11) is -6.27. The molecule has 4 aromatic heterocycles. The fraction of sp³-hybridized carbons (Fsp3) is 0.389. The van der Waals surface area contributed by atoms with Gasteiger partial charge in [-0.1, -0.05) is 17.0 Å². The molecular formula is C54H68ClN21O8S2. The summed E-state index contributed by atoms with van der Waals surface area (Å²) in [5, 5.41) is 23.8. The highest BCUT2D eigenvalue weighted by atomic mass is 35.5. The second kappa shape index (κ2) is 27.1. The van der Waals surface area contributed by atoms with Gasteiger partial charge in [-0.25, -0.2) is 31.8 Å². The van der Waals surface area contributed by atoms with Gasteiger partial charge in [0.1, 0.15) is 34.1 Å². The monoisotopic (exact) mass is 1240 g/mol. The molecule has 7 aromatic rings. The molecule has 3 aliphatic carbocycles. The van der Waals surface area contributed by atoms with E-state index < -0.39 is 37.8 Å². The molecule has 2 saturated heterocycles. The van der Waals surface area contributed by atoms with Crippen LogP contribution in [-0.2, 0) is 20.0 Å². The Hall–Kier alpha value is -8.78. The smallest absolute Gasteiger partial charge is 0.347 e. The summed E-state index contributed by atoms with van der Waals surface area (Å²) < 4.78 is 51.2. The van der Waals surface area contributed by atoms with Gasteiger partial charge < -0.3 is 58.4 Å². The van der Waals surface area contributed by atoms with Gasteiger partial charge in [-0.3, -0.25) is 14.4 Å². The number of nitrogens with two attached hydrogens (primary N) is 3. The maximum atomic E-state index is 12.0. The number of piperazine rings is 2. The van der Waals surface area contributed by atoms with Crippen LogP contribution in [0.3, 0.4) is 0 Å². The van der Waals surface area contributed by atoms with E-state index in [1.165, 1.54) is 23.4 Å². The summed E-state index contributed by atoms with van der Waals surface area (Å²) in [6.45, 7) is 7.92. The lowest BCUT2D eigenvalue weighted by Crippen LogP contribution is -2.49. The number of carbonyl (C=O) groups excluding carboxylic acids is 3. The van der Waals surface area contributed by atoms with Crippen molar-refractivity contribution in [1.82, 2.24) is 53.7 Å². The zero-order chi connectivity index (χ0) is 59.8. The van der Waals surface area contributed by atoms with Crippen molar-refractivity contribution >= 4 is 113 Å². The number of carbonyl (C=O) groups is 3. The SMILES string of the molecule is CCS(=O)(=O)N1CCN(c2ccc(Nc3ncc(C(N)=O)c(NC4CC4)n3)cc2)CC1.CCS(=O)(=O)N1CCN(c2ccc(Nc3ncc(C(N)=O)c(NC4CC4)n3)cc2)CC1.Cl.NC(=O)c1cnc(On2nnc3ccccc32)nc1NC1CC1. The highest BCUT2D eigenvalue weighted by molar-refractivity contribution is 7.89. The second-order valence-corrected chi connectivity index (χ2v) is 25.1. The molecule has 456 valence electrons. The fourth-order valence-electron chi connectivity index (χ4n) is 9.00. The number of aromatic nitrogens is 9. The molecule has 11 N–H and O–H groups in total. The fourth-order valence-corrected chi connectivity index (χ4v) is 11.2. The summed E-state index contributed by atoms with van der Waals surface area (Å²) in [5.41, 5.74) is 22.0. The molecule has 0 bridgehead atoms. The minimum absolute atomic E-state index is 0. The third-order valence-electron chi connectivity index (χ3n) is 14.4. The largest absolute Gasteiger partial charge is 0.369 e. The Bertz CT molecular complexity index is 3590. The molecule has 0 unspecified atom stereocenters. The van der Waals surface area contributed by atoms with E-state index in [1.54, 1.807) is 22.5 Å². The van der Waals surface area contributed by atoms with Crippen molar-refractivity contribution in [3.05, 3.63) is 108 Å². The quantitative estimate of drug-likeness (QED) is 0.0506. The van der Waals surface area contributed by atoms with E-state index in [-0.39, 0.29) is 46.6 Å². The van der Waals surface area contributed by atoms with Gasteiger partial charge in [-0.2, -0.15) is 23.6 Å². The molecule has 32 heteroatoms. The number of fused-ring (bicyclic) bond motifs is 1. The molecule has 0 radical (unpaired) electrons. The van der Waals surface area contributed by atoms with E-state index in [2.05, 4.69) is 76.6 Å². The Kier molecular flexibility index (Phi) is 19.4. The van der Waals surface area contributed by atoms with Crippen LogP contribution in [0, 0.1) is 0 Å². The van der Waals surface area contributed by atoms with Crippen LogP contribution in [0.1, 0.15) is 83.4 Å². The molecule has 3 saturated carbocycles. The first-order valence-electron chi connectivity index (χ1n) is 27.9. The van der Waals surface area contributed by atoms with Gasteiger partial charge in [0.25, 0.3) is 17.7 Å². The minimum atomic E-state index is -3.14. The second-order valence-electron chi connectivity index (χ2n) is 20.6. The van der Waals surface area contributed by atoms with Crippen molar-refractivity contribution in [3.63, 3.8) is 0 Å². The number of para-hydroxylation sites is 1. The van der Waals surface area contributed by atoms with Crippen LogP contribution < -0.4 is 58.4 Å². The lowest BCUT2D eigenvalue weighted by molar-refractivity contribution is 0.0991. The molecule has 12 rings (SSSR count). The number of halogens is 1. The van der Waals surface area contributed by atoms with Crippen molar-refractivity contribution in [3.8, 4) is 6.01 Å². The Labute approximate surface area is 502 Å². The summed E-state index contributed by atoms with van der Waals surface area (Å²) in [5.74, 6) is 0.560. The van der Waals surface area contributed by atoms with Crippen LogP contribution in [0.25, 0.3) is 11.0 Å². The van der Waals surface area contributed by atoms with Crippen molar-refractivity contribution in [2.24, 2.45) is 17.2 Å². The van der Waals surface area contributed by atoms with Crippen LogP contribution >= 0.6 is 12.4 Å². The number of rotatable bonds is 21. The van der Waals surface area contributed by atoms with E-state index >= 15 is 0 Å². The average Bonchev–Trinajstić information content (AvgIpc) is 3.87. The minimum Gasteiger partial charge on any atom is -0.369 e. The van der Waals surface area contributed by atoms with E-state index in [4.69, 9.17) is 22.0 Å². The van der Waals surface area contributed by atoms with Gasteiger partial charge in [-0.15, -0.1) is 17.5 Å². The number of hydrogen-bond acceptors (Lipinski definition) is 23. The number of benzene rings is 3. The third-order valence-corrected chi connectivity index (χ3v) is 18.1. The molecule has 86 heavy (non-hydrogen) atoms. The van der Waals surface area contributed by atoms with Crippen molar-refractivity contribution in [2.45, 2.75) is 70.5 Å². The summed E-state index contributed by atoms with van der Waals surface area (Å²) in [6, 6.07) is 24.0. The standard InChI is InChI=1S/2C20H27N7O3S.C14H13N7O2.ClH/c2*1-2-31(29,30)27-11-9-26(10-12-27)16-7-5-15(6-8-16)24-20-22-13-17(18(21)28)19(25-20)23-14-3-4-14;15-12(22)9-7-16-14(18-13(9)17-8-5-6-8)23-21-11-4-2-1-3-10(11)19-20-21;/h2*5-8,13-14H,2-4,9-12H2,1H3,(H2,21,28)(H2,22,23,24,25);1-4,7-8H,5-6H2,(H2,15,22)(H,16,17,18);1H. The molecule has 2 aliphatic heterocycles. The summed E-state index contributed by atoms with van der Waals surface area (Å²) in [6.07, 6.45) is 10.5.